The molecule has 0 radical (unpaired) electrons. The van der Waals surface area contributed by atoms with E-state index in [0.717, 1.165) is 23.3 Å². The van der Waals surface area contributed by atoms with Gasteiger partial charge in [-0.05, 0) is 38.8 Å². The van der Waals surface area contributed by atoms with E-state index in [0.29, 0.717) is 18.8 Å². The van der Waals surface area contributed by atoms with Gasteiger partial charge in [0.15, 0.2) is 0 Å². The fraction of sp³-hybridized carbons (Fsp3) is 0.529. The molecule has 3 heterocycles. The first-order valence-electron chi connectivity index (χ1n) is 7.92. The number of rotatable bonds is 2. The molecule has 0 aliphatic carbocycles. The van der Waals surface area contributed by atoms with Gasteiger partial charge in [0, 0.05) is 19.3 Å². The van der Waals surface area contributed by atoms with Crippen LogP contribution in [0.15, 0.2) is 18.3 Å². The molecule has 0 spiro atoms. The van der Waals surface area contributed by atoms with E-state index in [1.54, 1.807) is 0 Å². The lowest BCUT2D eigenvalue weighted by Gasteiger charge is -2.35. The van der Waals surface area contributed by atoms with E-state index in [1.165, 1.54) is 0 Å². The quantitative estimate of drug-likeness (QED) is 0.856. The SMILES string of the molecule is CCc1nc2ccc(C)cn2c1C(=O)N1CC(C)OC(C)C1. The van der Waals surface area contributed by atoms with Crippen LogP contribution in [-0.2, 0) is 11.2 Å². The fourth-order valence-corrected chi connectivity index (χ4v) is 3.17. The topological polar surface area (TPSA) is 46.8 Å². The highest BCUT2D eigenvalue weighted by molar-refractivity contribution is 5.95. The Hall–Kier alpha value is -1.88. The van der Waals surface area contributed by atoms with E-state index < -0.39 is 0 Å². The average molecular weight is 301 g/mol. The van der Waals surface area contributed by atoms with E-state index in [9.17, 15) is 4.79 Å². The van der Waals surface area contributed by atoms with Crippen LogP contribution in [0.2, 0.25) is 0 Å². The number of ether oxygens (including phenoxy) is 1. The molecule has 2 unspecified atom stereocenters. The maximum absolute atomic E-state index is 13.1. The molecule has 1 aliphatic rings. The lowest BCUT2D eigenvalue weighted by molar-refractivity contribution is -0.0587. The summed E-state index contributed by atoms with van der Waals surface area (Å²) >= 11 is 0. The van der Waals surface area contributed by atoms with Crippen LogP contribution >= 0.6 is 0 Å². The Morgan fingerprint density at radius 2 is 2.00 bits per heavy atom. The highest BCUT2D eigenvalue weighted by Crippen LogP contribution is 2.19. The Kier molecular flexibility index (Phi) is 3.91. The van der Waals surface area contributed by atoms with Crippen LogP contribution < -0.4 is 0 Å². The van der Waals surface area contributed by atoms with Crippen molar-refractivity contribution in [1.29, 1.82) is 0 Å². The Bertz CT molecular complexity index is 697. The molecule has 5 heteroatoms. The number of pyridine rings is 1. The number of hydrogen-bond donors (Lipinski definition) is 0. The number of carbonyl (C=O) groups excluding carboxylic acids is 1. The number of amides is 1. The number of morpholine rings is 1. The molecule has 2 atom stereocenters. The molecular weight excluding hydrogens is 278 g/mol. The predicted octanol–water partition coefficient (Wildman–Crippen LogP) is 2.45. The second kappa shape index (κ2) is 5.72. The standard InChI is InChI=1S/C17H23N3O2/c1-5-14-16(20-8-11(2)6-7-15(20)18-14)17(21)19-9-12(3)22-13(4)10-19/h6-8,12-13H,5,9-10H2,1-4H3. The molecule has 118 valence electrons. The third kappa shape index (κ3) is 2.61. The molecule has 0 saturated carbocycles. The summed E-state index contributed by atoms with van der Waals surface area (Å²) in [5, 5.41) is 0. The normalized spacial score (nSPS) is 22.3. The molecular formula is C17H23N3O2. The van der Waals surface area contributed by atoms with Gasteiger partial charge >= 0.3 is 0 Å². The van der Waals surface area contributed by atoms with Gasteiger partial charge in [0.05, 0.1) is 17.9 Å². The van der Waals surface area contributed by atoms with Gasteiger partial charge < -0.3 is 9.64 Å². The summed E-state index contributed by atoms with van der Waals surface area (Å²) in [4.78, 5) is 19.6. The van der Waals surface area contributed by atoms with E-state index in [4.69, 9.17) is 4.74 Å². The van der Waals surface area contributed by atoms with Gasteiger partial charge in [-0.2, -0.15) is 0 Å². The van der Waals surface area contributed by atoms with Crippen molar-refractivity contribution in [2.75, 3.05) is 13.1 Å². The Morgan fingerprint density at radius 3 is 2.64 bits per heavy atom. The van der Waals surface area contributed by atoms with Crippen LogP contribution in [0.3, 0.4) is 0 Å². The van der Waals surface area contributed by atoms with E-state index in [2.05, 4.69) is 4.98 Å². The molecule has 22 heavy (non-hydrogen) atoms. The maximum atomic E-state index is 13.1. The summed E-state index contributed by atoms with van der Waals surface area (Å²) in [7, 11) is 0. The summed E-state index contributed by atoms with van der Waals surface area (Å²) < 4.78 is 7.66. The second-order valence-electron chi connectivity index (χ2n) is 6.16. The number of imidazole rings is 1. The zero-order chi connectivity index (χ0) is 15.9. The van der Waals surface area contributed by atoms with Gasteiger partial charge in [-0.1, -0.05) is 13.0 Å². The number of nitrogens with zero attached hydrogens (tertiary/aromatic N) is 3. The van der Waals surface area contributed by atoms with Gasteiger partial charge in [0.2, 0.25) is 0 Å². The van der Waals surface area contributed by atoms with Crippen LogP contribution in [0, 0.1) is 6.92 Å². The first-order valence-corrected chi connectivity index (χ1v) is 7.92. The zero-order valence-corrected chi connectivity index (χ0v) is 13.7. The molecule has 0 aromatic carbocycles. The third-order valence-corrected chi connectivity index (χ3v) is 4.08. The van der Waals surface area contributed by atoms with Crippen molar-refractivity contribution in [2.24, 2.45) is 0 Å². The smallest absolute Gasteiger partial charge is 0.272 e. The molecule has 1 fully saturated rings. The molecule has 0 bridgehead atoms. The van der Waals surface area contributed by atoms with Crippen molar-refractivity contribution >= 4 is 11.6 Å². The molecule has 2 aromatic rings. The summed E-state index contributed by atoms with van der Waals surface area (Å²) in [6.07, 6.45) is 2.87. The minimum absolute atomic E-state index is 0.0527. The lowest BCUT2D eigenvalue weighted by atomic mass is 10.2. The number of aromatic nitrogens is 2. The predicted molar refractivity (Wildman–Crippen MR) is 85.2 cm³/mol. The van der Waals surface area contributed by atoms with Gasteiger partial charge in [0.25, 0.3) is 5.91 Å². The van der Waals surface area contributed by atoms with Gasteiger partial charge in [-0.25, -0.2) is 4.98 Å². The van der Waals surface area contributed by atoms with Crippen molar-refractivity contribution in [3.8, 4) is 0 Å². The van der Waals surface area contributed by atoms with E-state index >= 15 is 0 Å². The monoisotopic (exact) mass is 301 g/mol. The Morgan fingerprint density at radius 1 is 1.32 bits per heavy atom. The number of aryl methyl sites for hydroxylation is 2. The van der Waals surface area contributed by atoms with Gasteiger partial charge in [-0.15, -0.1) is 0 Å². The summed E-state index contributed by atoms with van der Waals surface area (Å²) in [6, 6.07) is 3.99. The van der Waals surface area contributed by atoms with Crippen molar-refractivity contribution < 1.29 is 9.53 Å². The van der Waals surface area contributed by atoms with Crippen molar-refractivity contribution in [3.63, 3.8) is 0 Å². The largest absolute Gasteiger partial charge is 0.372 e. The van der Waals surface area contributed by atoms with Crippen LogP contribution in [-0.4, -0.2) is 45.5 Å². The highest BCUT2D eigenvalue weighted by Gasteiger charge is 2.29. The molecule has 0 N–H and O–H groups in total. The summed E-state index contributed by atoms with van der Waals surface area (Å²) in [6.45, 7) is 9.34. The number of carbonyl (C=O) groups is 1. The highest BCUT2D eigenvalue weighted by atomic mass is 16.5. The molecule has 2 aromatic heterocycles. The molecule has 1 aliphatic heterocycles. The molecule has 3 rings (SSSR count). The molecule has 1 amide bonds. The van der Waals surface area contributed by atoms with Gasteiger partial charge in [0.1, 0.15) is 11.3 Å². The third-order valence-electron chi connectivity index (χ3n) is 4.08. The summed E-state index contributed by atoms with van der Waals surface area (Å²) in [5.74, 6) is 0.0527. The minimum atomic E-state index is 0.0527. The molecule has 5 nitrogen and oxygen atoms in total. The first-order chi connectivity index (χ1) is 10.5. The van der Waals surface area contributed by atoms with Crippen molar-refractivity contribution in [3.05, 3.63) is 35.3 Å². The average Bonchev–Trinajstić information content (AvgIpc) is 2.83. The van der Waals surface area contributed by atoms with E-state index in [1.807, 2.05) is 55.3 Å². The van der Waals surface area contributed by atoms with Crippen LogP contribution in [0.1, 0.15) is 42.5 Å². The number of hydrogen-bond acceptors (Lipinski definition) is 3. The first kappa shape index (κ1) is 15.0. The Balaban J connectivity index is 2.04. The lowest BCUT2D eigenvalue weighted by Crippen LogP contribution is -2.48. The zero-order valence-electron chi connectivity index (χ0n) is 13.7. The van der Waals surface area contributed by atoms with Gasteiger partial charge in [-0.3, -0.25) is 9.20 Å². The molecule has 1 saturated heterocycles. The van der Waals surface area contributed by atoms with Crippen LogP contribution in [0.4, 0.5) is 0 Å². The minimum Gasteiger partial charge on any atom is -0.372 e. The van der Waals surface area contributed by atoms with Crippen molar-refractivity contribution in [1.82, 2.24) is 14.3 Å². The fourth-order valence-electron chi connectivity index (χ4n) is 3.17. The second-order valence-corrected chi connectivity index (χ2v) is 6.16. The van der Waals surface area contributed by atoms with Crippen LogP contribution in [0.25, 0.3) is 5.65 Å². The summed E-state index contributed by atoms with van der Waals surface area (Å²) in [5.41, 5.74) is 3.51. The van der Waals surface area contributed by atoms with Crippen LogP contribution in [0.5, 0.6) is 0 Å². The number of fused-ring (bicyclic) bond motifs is 1. The Labute approximate surface area is 130 Å². The maximum Gasteiger partial charge on any atom is 0.272 e. The van der Waals surface area contributed by atoms with Crippen molar-refractivity contribution in [2.45, 2.75) is 46.3 Å². The van der Waals surface area contributed by atoms with E-state index in [-0.39, 0.29) is 18.1 Å².